The molecule has 0 radical (unpaired) electrons. The molecule has 2 unspecified atom stereocenters. The zero-order valence-electron chi connectivity index (χ0n) is 16.0. The third kappa shape index (κ3) is 20.0. The van der Waals surface area contributed by atoms with E-state index in [0.717, 1.165) is 13.0 Å². The Morgan fingerprint density at radius 2 is 1.48 bits per heavy atom. The van der Waals surface area contributed by atoms with Gasteiger partial charge in [0.2, 0.25) is 0 Å². The van der Waals surface area contributed by atoms with Gasteiger partial charge in [-0.15, -0.1) is 0 Å². The largest absolute Gasteiger partial charge is 0.392 e. The number of aliphatic hydroxyl groups excluding tert-OH is 1. The van der Waals surface area contributed by atoms with Gasteiger partial charge in [0.25, 0.3) is 10.1 Å². The molecule has 0 spiro atoms. The standard InChI is InChI=1S/C18H40N2O4S/c1-2-3-4-5-6-7-8-9-10-11-13-20-16-18(21)15-17(19)12-14-25(22,23)24/h17-18,20-21H,2-16,19H2,1H3,(H,22,23,24). The highest BCUT2D eigenvalue weighted by Gasteiger charge is 2.13. The van der Waals surface area contributed by atoms with Crippen LogP contribution in [0.3, 0.4) is 0 Å². The molecule has 0 aromatic rings. The minimum absolute atomic E-state index is 0.161. The third-order valence-electron chi connectivity index (χ3n) is 4.41. The molecule has 0 saturated heterocycles. The van der Waals surface area contributed by atoms with Crippen molar-refractivity contribution in [2.45, 2.75) is 96.1 Å². The number of nitrogens with two attached hydrogens (primary N) is 1. The lowest BCUT2D eigenvalue weighted by Gasteiger charge is -2.16. The summed E-state index contributed by atoms with van der Waals surface area (Å²) in [5.41, 5.74) is 5.76. The summed E-state index contributed by atoms with van der Waals surface area (Å²) in [6.45, 7) is 3.59. The van der Waals surface area contributed by atoms with E-state index in [4.69, 9.17) is 10.3 Å². The minimum atomic E-state index is -3.97. The van der Waals surface area contributed by atoms with E-state index in [2.05, 4.69) is 12.2 Å². The highest BCUT2D eigenvalue weighted by Crippen LogP contribution is 2.10. The van der Waals surface area contributed by atoms with E-state index in [1.54, 1.807) is 0 Å². The summed E-state index contributed by atoms with van der Waals surface area (Å²) in [4.78, 5) is 0. The highest BCUT2D eigenvalue weighted by atomic mass is 32.2. The van der Waals surface area contributed by atoms with Crippen LogP contribution >= 0.6 is 0 Å². The zero-order chi connectivity index (χ0) is 19.0. The third-order valence-corrected chi connectivity index (χ3v) is 5.16. The molecule has 25 heavy (non-hydrogen) atoms. The highest BCUT2D eigenvalue weighted by molar-refractivity contribution is 7.85. The van der Waals surface area contributed by atoms with Gasteiger partial charge < -0.3 is 16.2 Å². The fourth-order valence-corrected chi connectivity index (χ4v) is 3.46. The van der Waals surface area contributed by atoms with Gasteiger partial charge in [-0.1, -0.05) is 64.7 Å². The van der Waals surface area contributed by atoms with Gasteiger partial charge in [0.1, 0.15) is 0 Å². The molecule has 0 fully saturated rings. The molecule has 0 aromatic heterocycles. The first-order valence-electron chi connectivity index (χ1n) is 9.94. The fraction of sp³-hybridized carbons (Fsp3) is 1.00. The average Bonchev–Trinajstić information content (AvgIpc) is 2.53. The van der Waals surface area contributed by atoms with Crippen LogP contribution in [0.25, 0.3) is 0 Å². The van der Waals surface area contributed by atoms with Crippen molar-refractivity contribution in [2.24, 2.45) is 5.73 Å². The summed E-state index contributed by atoms with van der Waals surface area (Å²) >= 11 is 0. The van der Waals surface area contributed by atoms with Gasteiger partial charge in [-0.3, -0.25) is 4.55 Å². The van der Waals surface area contributed by atoms with Crippen molar-refractivity contribution in [3.05, 3.63) is 0 Å². The van der Waals surface area contributed by atoms with E-state index >= 15 is 0 Å². The molecular formula is C18H40N2O4S. The van der Waals surface area contributed by atoms with Crippen LogP contribution < -0.4 is 11.1 Å². The number of aliphatic hydroxyl groups is 1. The van der Waals surface area contributed by atoms with Gasteiger partial charge in [0.15, 0.2) is 0 Å². The molecule has 0 saturated carbocycles. The second kappa shape index (κ2) is 16.0. The molecule has 0 aliphatic heterocycles. The number of unbranched alkanes of at least 4 members (excludes halogenated alkanes) is 9. The molecule has 2 atom stereocenters. The summed E-state index contributed by atoms with van der Waals surface area (Å²) in [5.74, 6) is -0.354. The first-order chi connectivity index (χ1) is 11.8. The molecule has 0 bridgehead atoms. The maximum atomic E-state index is 10.6. The number of hydrogen-bond donors (Lipinski definition) is 4. The van der Waals surface area contributed by atoms with Crippen LogP contribution in [0.4, 0.5) is 0 Å². The molecule has 152 valence electrons. The molecular weight excluding hydrogens is 340 g/mol. The van der Waals surface area contributed by atoms with Crippen LogP contribution in [0.15, 0.2) is 0 Å². The lowest BCUT2D eigenvalue weighted by molar-refractivity contribution is 0.152. The maximum Gasteiger partial charge on any atom is 0.264 e. The Kier molecular flexibility index (Phi) is 15.9. The normalized spacial score (nSPS) is 14.6. The minimum Gasteiger partial charge on any atom is -0.392 e. The van der Waals surface area contributed by atoms with Crippen LogP contribution in [0.5, 0.6) is 0 Å². The van der Waals surface area contributed by atoms with Crippen LogP contribution in [0.2, 0.25) is 0 Å². The quantitative estimate of drug-likeness (QED) is 0.215. The van der Waals surface area contributed by atoms with E-state index in [0.29, 0.717) is 13.0 Å². The van der Waals surface area contributed by atoms with Crippen molar-refractivity contribution in [3.8, 4) is 0 Å². The maximum absolute atomic E-state index is 10.6. The Labute approximate surface area is 154 Å². The summed E-state index contributed by atoms with van der Waals surface area (Å²) in [6.07, 6.45) is 13.0. The van der Waals surface area contributed by atoms with E-state index in [9.17, 15) is 13.5 Å². The van der Waals surface area contributed by atoms with Gasteiger partial charge in [-0.05, 0) is 25.8 Å². The van der Waals surface area contributed by atoms with Gasteiger partial charge in [0, 0.05) is 12.6 Å². The molecule has 7 heteroatoms. The number of hydrogen-bond acceptors (Lipinski definition) is 5. The predicted molar refractivity (Wildman–Crippen MR) is 104 cm³/mol. The smallest absolute Gasteiger partial charge is 0.264 e. The molecule has 0 aromatic carbocycles. The second-order valence-corrected chi connectivity index (χ2v) is 8.68. The Balaban J connectivity index is 3.36. The second-order valence-electron chi connectivity index (χ2n) is 7.11. The number of nitrogens with one attached hydrogen (secondary N) is 1. The van der Waals surface area contributed by atoms with Crippen molar-refractivity contribution in [3.63, 3.8) is 0 Å². The summed E-state index contributed by atoms with van der Waals surface area (Å²) in [7, 11) is -3.97. The van der Waals surface area contributed by atoms with Crippen LogP contribution in [0.1, 0.15) is 84.0 Å². The lowest BCUT2D eigenvalue weighted by atomic mass is 10.1. The van der Waals surface area contributed by atoms with Gasteiger partial charge in [-0.25, -0.2) is 0 Å². The monoisotopic (exact) mass is 380 g/mol. The van der Waals surface area contributed by atoms with Crippen molar-refractivity contribution >= 4 is 10.1 Å². The molecule has 0 aliphatic carbocycles. The van der Waals surface area contributed by atoms with E-state index < -0.39 is 22.3 Å². The van der Waals surface area contributed by atoms with Crippen molar-refractivity contribution in [1.29, 1.82) is 0 Å². The molecule has 0 aliphatic rings. The van der Waals surface area contributed by atoms with Crippen LogP contribution in [-0.4, -0.2) is 49.1 Å². The number of rotatable bonds is 18. The lowest BCUT2D eigenvalue weighted by Crippen LogP contribution is -2.34. The Hall–Kier alpha value is -0.210. The van der Waals surface area contributed by atoms with Gasteiger partial charge in [0.05, 0.1) is 11.9 Å². The Morgan fingerprint density at radius 1 is 0.960 bits per heavy atom. The first-order valence-corrected chi connectivity index (χ1v) is 11.6. The van der Waals surface area contributed by atoms with Crippen LogP contribution in [-0.2, 0) is 10.1 Å². The Morgan fingerprint density at radius 3 is 2.00 bits per heavy atom. The summed E-state index contributed by atoms with van der Waals surface area (Å²) < 4.78 is 30.0. The molecule has 0 heterocycles. The van der Waals surface area contributed by atoms with Crippen molar-refractivity contribution < 1.29 is 18.1 Å². The molecule has 0 rings (SSSR count). The van der Waals surface area contributed by atoms with Gasteiger partial charge in [-0.2, -0.15) is 8.42 Å². The van der Waals surface area contributed by atoms with Gasteiger partial charge >= 0.3 is 0 Å². The van der Waals surface area contributed by atoms with E-state index in [1.165, 1.54) is 57.8 Å². The van der Waals surface area contributed by atoms with Crippen molar-refractivity contribution in [1.82, 2.24) is 5.32 Å². The SMILES string of the molecule is CCCCCCCCCCCCNCC(O)CC(N)CCS(=O)(=O)O. The summed E-state index contributed by atoms with van der Waals surface area (Å²) in [6, 6.07) is -0.420. The first kappa shape index (κ1) is 24.8. The zero-order valence-corrected chi connectivity index (χ0v) is 16.8. The average molecular weight is 381 g/mol. The predicted octanol–water partition coefficient (Wildman–Crippen LogP) is 2.85. The molecule has 0 amide bonds. The molecule has 5 N–H and O–H groups in total. The Bertz CT molecular complexity index is 391. The topological polar surface area (TPSA) is 113 Å². The van der Waals surface area contributed by atoms with E-state index in [-0.39, 0.29) is 12.2 Å². The summed E-state index contributed by atoms with van der Waals surface area (Å²) in [5, 5.41) is 13.1. The van der Waals surface area contributed by atoms with Crippen LogP contribution in [0, 0.1) is 0 Å². The van der Waals surface area contributed by atoms with E-state index in [1.807, 2.05) is 0 Å². The molecule has 6 nitrogen and oxygen atoms in total. The fourth-order valence-electron chi connectivity index (χ4n) is 2.86. The van der Waals surface area contributed by atoms with Crippen molar-refractivity contribution in [2.75, 3.05) is 18.8 Å².